The average molecular weight is 279 g/mol. The van der Waals surface area contributed by atoms with Crippen molar-refractivity contribution in [3.8, 4) is 0 Å². The third kappa shape index (κ3) is 2.26. The maximum Gasteiger partial charge on any atom is 0.255 e. The van der Waals surface area contributed by atoms with Gasteiger partial charge in [0, 0.05) is 25.0 Å². The number of likely N-dealkylation sites (tertiary alicyclic amines) is 1. The third-order valence-electron chi connectivity index (χ3n) is 4.48. The first-order valence-corrected chi connectivity index (χ1v) is 7.24. The van der Waals surface area contributed by atoms with E-state index in [-0.39, 0.29) is 5.91 Å². The predicted octanol–water partition coefficient (Wildman–Crippen LogP) is 2.47. The number of rotatable bonds is 1. The van der Waals surface area contributed by atoms with Gasteiger partial charge in [-0.15, -0.1) is 0 Å². The van der Waals surface area contributed by atoms with Gasteiger partial charge in [-0.05, 0) is 37.9 Å². The lowest BCUT2D eigenvalue weighted by Crippen LogP contribution is -2.33. The van der Waals surface area contributed by atoms with Gasteiger partial charge in [-0.25, -0.2) is 0 Å². The van der Waals surface area contributed by atoms with Crippen molar-refractivity contribution in [1.29, 1.82) is 0 Å². The monoisotopic (exact) mass is 278 g/mol. The van der Waals surface area contributed by atoms with Gasteiger partial charge in [-0.1, -0.05) is 23.7 Å². The molecule has 2 aliphatic heterocycles. The van der Waals surface area contributed by atoms with E-state index in [9.17, 15) is 4.79 Å². The van der Waals surface area contributed by atoms with Gasteiger partial charge in [0.15, 0.2) is 0 Å². The van der Waals surface area contributed by atoms with Crippen LogP contribution in [0.3, 0.4) is 0 Å². The van der Waals surface area contributed by atoms with Crippen molar-refractivity contribution in [3.05, 3.63) is 34.3 Å². The molecular formula is C15H19ClN2O. The van der Waals surface area contributed by atoms with E-state index in [1.165, 1.54) is 6.42 Å². The van der Waals surface area contributed by atoms with Gasteiger partial charge in [0.1, 0.15) is 0 Å². The minimum absolute atomic E-state index is 0.0810. The maximum absolute atomic E-state index is 12.6. The second-order valence-electron chi connectivity index (χ2n) is 5.84. The van der Waals surface area contributed by atoms with Gasteiger partial charge >= 0.3 is 0 Å². The molecule has 0 saturated carbocycles. The number of aryl methyl sites for hydroxylation is 1. The molecule has 4 heteroatoms. The first-order chi connectivity index (χ1) is 9.11. The molecule has 0 radical (unpaired) electrons. The van der Waals surface area contributed by atoms with E-state index >= 15 is 0 Å². The highest BCUT2D eigenvalue weighted by atomic mass is 35.5. The minimum Gasteiger partial charge on any atom is -0.338 e. The quantitative estimate of drug-likeness (QED) is 0.856. The summed E-state index contributed by atoms with van der Waals surface area (Å²) >= 11 is 6.26. The summed E-state index contributed by atoms with van der Waals surface area (Å²) < 4.78 is 0. The Morgan fingerprint density at radius 3 is 3.00 bits per heavy atom. The van der Waals surface area contributed by atoms with Crippen LogP contribution in [0.15, 0.2) is 18.2 Å². The average Bonchev–Trinajstić information content (AvgIpc) is 3.03. The van der Waals surface area contributed by atoms with Crippen molar-refractivity contribution in [3.63, 3.8) is 0 Å². The largest absolute Gasteiger partial charge is 0.338 e. The van der Waals surface area contributed by atoms with Crippen molar-refractivity contribution in [2.24, 2.45) is 5.41 Å². The first-order valence-electron chi connectivity index (χ1n) is 6.86. The first kappa shape index (κ1) is 12.9. The number of benzene rings is 1. The van der Waals surface area contributed by atoms with Crippen molar-refractivity contribution < 1.29 is 4.79 Å². The Morgan fingerprint density at radius 1 is 1.42 bits per heavy atom. The molecule has 2 heterocycles. The van der Waals surface area contributed by atoms with Crippen LogP contribution in [0.4, 0.5) is 0 Å². The molecule has 2 saturated heterocycles. The molecule has 102 valence electrons. The Kier molecular flexibility index (Phi) is 3.27. The molecule has 1 aromatic rings. The van der Waals surface area contributed by atoms with Crippen LogP contribution in [-0.2, 0) is 0 Å². The molecule has 3 nitrogen and oxygen atoms in total. The summed E-state index contributed by atoms with van der Waals surface area (Å²) in [4.78, 5) is 14.5. The molecule has 0 aromatic heterocycles. The van der Waals surface area contributed by atoms with Crippen LogP contribution in [0.25, 0.3) is 0 Å². The second kappa shape index (κ2) is 4.80. The van der Waals surface area contributed by atoms with Crippen LogP contribution in [0.1, 0.15) is 28.8 Å². The Labute approximate surface area is 118 Å². The molecule has 1 N–H and O–H groups in total. The van der Waals surface area contributed by atoms with Gasteiger partial charge in [-0.2, -0.15) is 0 Å². The summed E-state index contributed by atoms with van der Waals surface area (Å²) in [6, 6.07) is 5.67. The van der Waals surface area contributed by atoms with Gasteiger partial charge < -0.3 is 10.2 Å². The van der Waals surface area contributed by atoms with Crippen LogP contribution >= 0.6 is 11.6 Å². The fraction of sp³-hybridized carbons (Fsp3) is 0.533. The van der Waals surface area contributed by atoms with Crippen molar-refractivity contribution in [2.75, 3.05) is 26.2 Å². The zero-order valence-electron chi connectivity index (χ0n) is 11.2. The topological polar surface area (TPSA) is 32.3 Å². The molecule has 1 unspecified atom stereocenters. The fourth-order valence-corrected chi connectivity index (χ4v) is 3.44. The number of carbonyl (C=O) groups excluding carboxylic acids is 1. The maximum atomic E-state index is 12.6. The number of hydrogen-bond donors (Lipinski definition) is 1. The van der Waals surface area contributed by atoms with Crippen LogP contribution in [0, 0.1) is 12.3 Å². The van der Waals surface area contributed by atoms with Gasteiger partial charge in [0.05, 0.1) is 10.6 Å². The summed E-state index contributed by atoms with van der Waals surface area (Å²) in [5, 5.41) is 4.01. The van der Waals surface area contributed by atoms with Gasteiger partial charge in [0.2, 0.25) is 0 Å². The van der Waals surface area contributed by atoms with E-state index in [1.54, 1.807) is 0 Å². The molecule has 2 fully saturated rings. The zero-order valence-corrected chi connectivity index (χ0v) is 12.0. The number of carbonyl (C=O) groups is 1. The number of halogens is 1. The van der Waals surface area contributed by atoms with Crippen LogP contribution in [0.2, 0.25) is 5.02 Å². The van der Waals surface area contributed by atoms with Crippen LogP contribution < -0.4 is 5.32 Å². The highest BCUT2D eigenvalue weighted by Gasteiger charge is 2.42. The van der Waals surface area contributed by atoms with E-state index < -0.39 is 0 Å². The van der Waals surface area contributed by atoms with Crippen molar-refractivity contribution in [1.82, 2.24) is 10.2 Å². The molecule has 1 spiro atoms. The molecule has 2 aliphatic rings. The third-order valence-corrected chi connectivity index (χ3v) is 4.98. The molecule has 3 rings (SSSR count). The van der Waals surface area contributed by atoms with E-state index in [4.69, 9.17) is 11.6 Å². The van der Waals surface area contributed by atoms with E-state index in [1.807, 2.05) is 30.0 Å². The van der Waals surface area contributed by atoms with Crippen molar-refractivity contribution in [2.45, 2.75) is 19.8 Å². The van der Waals surface area contributed by atoms with Gasteiger partial charge in [-0.3, -0.25) is 4.79 Å². The molecule has 0 aliphatic carbocycles. The summed E-state index contributed by atoms with van der Waals surface area (Å²) in [6.07, 6.45) is 2.29. The van der Waals surface area contributed by atoms with Gasteiger partial charge in [0.25, 0.3) is 5.91 Å². The Hall–Kier alpha value is -1.06. The standard InChI is InChI=1S/C15H19ClN2O/c1-11-3-2-4-12(13(11)16)14(19)18-8-6-15(10-18)5-7-17-9-15/h2-4,17H,5-10H2,1H3. The molecule has 0 bridgehead atoms. The van der Waals surface area contributed by atoms with E-state index in [2.05, 4.69) is 5.32 Å². The van der Waals surface area contributed by atoms with Crippen LogP contribution in [-0.4, -0.2) is 37.0 Å². The highest BCUT2D eigenvalue weighted by molar-refractivity contribution is 6.34. The van der Waals surface area contributed by atoms with Crippen LogP contribution in [0.5, 0.6) is 0 Å². The SMILES string of the molecule is Cc1cccc(C(=O)N2CCC3(CCNC3)C2)c1Cl. The lowest BCUT2D eigenvalue weighted by atomic mass is 9.86. The predicted molar refractivity (Wildman–Crippen MR) is 76.6 cm³/mol. The number of hydrogen-bond acceptors (Lipinski definition) is 2. The number of nitrogens with one attached hydrogen (secondary N) is 1. The summed E-state index contributed by atoms with van der Waals surface area (Å²) in [7, 11) is 0. The van der Waals surface area contributed by atoms with E-state index in [0.717, 1.165) is 38.2 Å². The Balaban J connectivity index is 1.80. The summed E-state index contributed by atoms with van der Waals surface area (Å²) in [5.41, 5.74) is 1.92. The lowest BCUT2D eigenvalue weighted by molar-refractivity contribution is 0.0776. The molecule has 1 atom stereocenters. The number of amides is 1. The molecule has 1 amide bonds. The molecular weight excluding hydrogens is 260 g/mol. The second-order valence-corrected chi connectivity index (χ2v) is 6.22. The lowest BCUT2D eigenvalue weighted by Gasteiger charge is -2.23. The van der Waals surface area contributed by atoms with E-state index in [0.29, 0.717) is 16.0 Å². The smallest absolute Gasteiger partial charge is 0.255 e. The Bertz CT molecular complexity index is 509. The number of nitrogens with zero attached hydrogens (tertiary/aromatic N) is 1. The van der Waals surface area contributed by atoms with Crippen molar-refractivity contribution >= 4 is 17.5 Å². The minimum atomic E-state index is 0.0810. The molecule has 1 aromatic carbocycles. The fourth-order valence-electron chi connectivity index (χ4n) is 3.24. The summed E-state index contributed by atoms with van der Waals surface area (Å²) in [6.45, 7) is 5.77. The zero-order chi connectivity index (χ0) is 13.5. The Morgan fingerprint density at radius 2 is 2.26 bits per heavy atom. The molecule has 19 heavy (non-hydrogen) atoms. The summed E-state index contributed by atoms with van der Waals surface area (Å²) in [5.74, 6) is 0.0810. The normalized spacial score (nSPS) is 26.3. The highest BCUT2D eigenvalue weighted by Crippen LogP contribution is 2.37.